The van der Waals surface area contributed by atoms with E-state index in [1.807, 2.05) is 0 Å². The van der Waals surface area contributed by atoms with Gasteiger partial charge in [-0.2, -0.15) is 0 Å². The average molecular weight is 255 g/mol. The number of carbonyl (C=O) groups excluding carboxylic acids is 1. The van der Waals surface area contributed by atoms with Gasteiger partial charge in [0.25, 0.3) is 0 Å². The topological polar surface area (TPSA) is 44.4 Å². The highest BCUT2D eigenvalue weighted by Gasteiger charge is 2.27. The summed E-state index contributed by atoms with van der Waals surface area (Å²) in [6.45, 7) is 15.3. The number of hydrogen-bond acceptors (Lipinski definition) is 3. The lowest BCUT2D eigenvalue weighted by atomic mass is 9.82. The molecule has 1 aliphatic rings. The predicted molar refractivity (Wildman–Crippen MR) is 75.6 cm³/mol. The van der Waals surface area contributed by atoms with Crippen molar-refractivity contribution in [2.45, 2.75) is 46.6 Å². The van der Waals surface area contributed by atoms with Gasteiger partial charge in [0.1, 0.15) is 0 Å². The van der Waals surface area contributed by atoms with Crippen LogP contribution in [0, 0.1) is 5.41 Å². The molecule has 1 aliphatic heterocycles. The molecule has 18 heavy (non-hydrogen) atoms. The highest BCUT2D eigenvalue weighted by atomic mass is 16.2. The van der Waals surface area contributed by atoms with Crippen molar-refractivity contribution in [2.75, 3.05) is 32.7 Å². The Balaban J connectivity index is 2.38. The first-order valence-electron chi connectivity index (χ1n) is 6.92. The summed E-state index contributed by atoms with van der Waals surface area (Å²) in [7, 11) is 0. The molecule has 0 saturated carbocycles. The van der Waals surface area contributed by atoms with Crippen LogP contribution in [-0.2, 0) is 4.79 Å². The fourth-order valence-electron chi connectivity index (χ4n) is 2.86. The molecule has 0 aromatic heterocycles. The van der Waals surface area contributed by atoms with Crippen molar-refractivity contribution in [3.8, 4) is 0 Å². The first-order chi connectivity index (χ1) is 8.18. The summed E-state index contributed by atoms with van der Waals surface area (Å²) in [6.07, 6.45) is 0.979. The molecule has 106 valence electrons. The summed E-state index contributed by atoms with van der Waals surface area (Å²) in [4.78, 5) is 14.2. The number of hydrogen-bond donors (Lipinski definition) is 2. The minimum atomic E-state index is -0.136. The summed E-state index contributed by atoms with van der Waals surface area (Å²) in [5, 5.41) is 6.45. The second-order valence-corrected chi connectivity index (χ2v) is 7.20. The number of nitrogens with zero attached hydrogens (tertiary/aromatic N) is 1. The van der Waals surface area contributed by atoms with Crippen LogP contribution in [0.5, 0.6) is 0 Å². The highest BCUT2D eigenvalue weighted by molar-refractivity contribution is 5.78. The lowest BCUT2D eigenvalue weighted by molar-refractivity contribution is -0.124. The first kappa shape index (κ1) is 15.4. The number of nitrogens with one attached hydrogen (secondary N) is 2. The molecule has 0 aromatic rings. The van der Waals surface area contributed by atoms with Crippen molar-refractivity contribution in [1.29, 1.82) is 0 Å². The summed E-state index contributed by atoms with van der Waals surface area (Å²) < 4.78 is 0. The number of amides is 1. The molecule has 4 nitrogen and oxygen atoms in total. The van der Waals surface area contributed by atoms with Crippen LogP contribution in [0.25, 0.3) is 0 Å². The Morgan fingerprint density at radius 2 is 1.72 bits per heavy atom. The molecule has 1 heterocycles. The Kier molecular flexibility index (Phi) is 5.17. The van der Waals surface area contributed by atoms with Crippen LogP contribution in [-0.4, -0.2) is 49.1 Å². The molecule has 0 spiro atoms. The maximum absolute atomic E-state index is 12.0. The molecule has 0 aliphatic carbocycles. The molecular weight excluding hydrogens is 226 g/mol. The number of carbonyl (C=O) groups is 1. The molecule has 0 aromatic carbocycles. The highest BCUT2D eigenvalue weighted by Crippen LogP contribution is 2.26. The van der Waals surface area contributed by atoms with Crippen molar-refractivity contribution in [1.82, 2.24) is 15.5 Å². The van der Waals surface area contributed by atoms with Crippen LogP contribution in [0.1, 0.15) is 41.0 Å². The zero-order valence-corrected chi connectivity index (χ0v) is 12.6. The van der Waals surface area contributed by atoms with E-state index in [0.29, 0.717) is 6.54 Å². The SMILES string of the molecule is CC(C)(C)CC(C)(C)NC(=O)CN1CCNCC1. The van der Waals surface area contributed by atoms with Gasteiger partial charge in [-0.1, -0.05) is 20.8 Å². The molecule has 2 N–H and O–H groups in total. The number of rotatable bonds is 4. The van der Waals surface area contributed by atoms with Gasteiger partial charge >= 0.3 is 0 Å². The summed E-state index contributed by atoms with van der Waals surface area (Å²) in [6, 6.07) is 0. The third-order valence-corrected chi connectivity index (χ3v) is 3.03. The van der Waals surface area contributed by atoms with E-state index in [9.17, 15) is 4.79 Å². The van der Waals surface area contributed by atoms with Gasteiger partial charge in [-0.25, -0.2) is 0 Å². The Morgan fingerprint density at radius 1 is 1.17 bits per heavy atom. The van der Waals surface area contributed by atoms with Crippen molar-refractivity contribution < 1.29 is 4.79 Å². The molecule has 0 bridgehead atoms. The quantitative estimate of drug-likeness (QED) is 0.794. The van der Waals surface area contributed by atoms with E-state index < -0.39 is 0 Å². The van der Waals surface area contributed by atoms with Gasteiger partial charge in [0.05, 0.1) is 6.54 Å². The Labute approximate surface area is 111 Å². The first-order valence-corrected chi connectivity index (χ1v) is 6.92. The van der Waals surface area contributed by atoms with Gasteiger partial charge < -0.3 is 10.6 Å². The maximum Gasteiger partial charge on any atom is 0.234 e. The van der Waals surface area contributed by atoms with Crippen LogP contribution in [0.15, 0.2) is 0 Å². The van der Waals surface area contributed by atoms with Crippen LogP contribution in [0.4, 0.5) is 0 Å². The van der Waals surface area contributed by atoms with E-state index in [1.54, 1.807) is 0 Å². The van der Waals surface area contributed by atoms with Crippen molar-refractivity contribution in [2.24, 2.45) is 5.41 Å². The lowest BCUT2D eigenvalue weighted by Gasteiger charge is -2.34. The normalized spacial score (nSPS) is 18.7. The van der Waals surface area contributed by atoms with Crippen LogP contribution in [0.3, 0.4) is 0 Å². The van der Waals surface area contributed by atoms with Crippen LogP contribution < -0.4 is 10.6 Å². The lowest BCUT2D eigenvalue weighted by Crippen LogP contribution is -2.52. The number of piperazine rings is 1. The predicted octanol–water partition coefficient (Wildman–Crippen LogP) is 1.22. The van der Waals surface area contributed by atoms with E-state index in [-0.39, 0.29) is 16.9 Å². The molecule has 0 radical (unpaired) electrons. The van der Waals surface area contributed by atoms with E-state index in [0.717, 1.165) is 32.6 Å². The second-order valence-electron chi connectivity index (χ2n) is 7.20. The van der Waals surface area contributed by atoms with Gasteiger partial charge in [0.15, 0.2) is 0 Å². The van der Waals surface area contributed by atoms with Crippen molar-refractivity contribution in [3.63, 3.8) is 0 Å². The largest absolute Gasteiger partial charge is 0.350 e. The zero-order chi connectivity index (χ0) is 13.8. The van der Waals surface area contributed by atoms with E-state index >= 15 is 0 Å². The molecule has 1 amide bonds. The molecule has 4 heteroatoms. The van der Waals surface area contributed by atoms with Gasteiger partial charge in [0.2, 0.25) is 5.91 Å². The van der Waals surface area contributed by atoms with Crippen LogP contribution >= 0.6 is 0 Å². The Hall–Kier alpha value is -0.610. The third kappa shape index (κ3) is 6.36. The fourth-order valence-corrected chi connectivity index (χ4v) is 2.86. The molecular formula is C14H29N3O. The van der Waals surface area contributed by atoms with Crippen molar-refractivity contribution in [3.05, 3.63) is 0 Å². The minimum absolute atomic E-state index is 0.136. The fraction of sp³-hybridized carbons (Fsp3) is 0.929. The van der Waals surface area contributed by atoms with Gasteiger partial charge in [-0.05, 0) is 25.7 Å². The molecule has 1 fully saturated rings. The average Bonchev–Trinajstić information content (AvgIpc) is 2.13. The van der Waals surface area contributed by atoms with E-state index in [2.05, 4.69) is 50.2 Å². The monoisotopic (exact) mass is 255 g/mol. The van der Waals surface area contributed by atoms with E-state index in [1.165, 1.54) is 0 Å². The Morgan fingerprint density at radius 3 is 2.22 bits per heavy atom. The summed E-state index contributed by atoms with van der Waals surface area (Å²) in [5.74, 6) is 0.145. The third-order valence-electron chi connectivity index (χ3n) is 3.03. The Bertz CT molecular complexity index is 275. The molecule has 0 unspecified atom stereocenters. The van der Waals surface area contributed by atoms with E-state index in [4.69, 9.17) is 0 Å². The second kappa shape index (κ2) is 6.02. The van der Waals surface area contributed by atoms with Crippen molar-refractivity contribution >= 4 is 5.91 Å². The molecule has 1 rings (SSSR count). The summed E-state index contributed by atoms with van der Waals surface area (Å²) in [5.41, 5.74) is 0.0925. The van der Waals surface area contributed by atoms with Gasteiger partial charge in [-0.15, -0.1) is 0 Å². The van der Waals surface area contributed by atoms with Gasteiger partial charge in [-0.3, -0.25) is 9.69 Å². The maximum atomic E-state index is 12.0. The molecule has 1 saturated heterocycles. The van der Waals surface area contributed by atoms with Crippen LogP contribution in [0.2, 0.25) is 0 Å². The smallest absolute Gasteiger partial charge is 0.234 e. The molecule has 0 atom stereocenters. The summed E-state index contributed by atoms with van der Waals surface area (Å²) >= 11 is 0. The minimum Gasteiger partial charge on any atom is -0.350 e. The zero-order valence-electron chi connectivity index (χ0n) is 12.6. The standard InChI is InChI=1S/C14H29N3O/c1-13(2,3)11-14(4,5)16-12(18)10-17-8-6-15-7-9-17/h15H,6-11H2,1-5H3,(H,16,18). The van der Waals surface area contributed by atoms with Gasteiger partial charge in [0, 0.05) is 31.7 Å².